The third-order valence-electron chi connectivity index (χ3n) is 3.99. The number of aryl methyl sites for hydroxylation is 2. The molecule has 0 fully saturated rings. The van der Waals surface area contributed by atoms with Crippen LogP contribution in [-0.2, 0) is 24.2 Å². The van der Waals surface area contributed by atoms with Gasteiger partial charge in [-0.25, -0.2) is 9.48 Å². The molecular weight excluding hydrogens is 435 g/mol. The summed E-state index contributed by atoms with van der Waals surface area (Å²) < 4.78 is 8.44. The van der Waals surface area contributed by atoms with Crippen molar-refractivity contribution in [2.75, 3.05) is 33.4 Å². The number of aliphatic imine (C=N–C) groups is 1. The first-order valence-corrected chi connectivity index (χ1v) is 8.94. The number of rotatable bonds is 9. The predicted octanol–water partition coefficient (Wildman–Crippen LogP) is 0.981. The van der Waals surface area contributed by atoms with Gasteiger partial charge >= 0.3 is 5.69 Å². The van der Waals surface area contributed by atoms with Crippen molar-refractivity contribution in [1.29, 1.82) is 0 Å². The fourth-order valence-electron chi connectivity index (χ4n) is 2.77. The van der Waals surface area contributed by atoms with E-state index >= 15 is 0 Å². The van der Waals surface area contributed by atoms with E-state index in [9.17, 15) is 4.79 Å². The van der Waals surface area contributed by atoms with Crippen LogP contribution < -0.4 is 16.3 Å². The van der Waals surface area contributed by atoms with Gasteiger partial charge in [-0.05, 0) is 32.6 Å². The summed E-state index contributed by atoms with van der Waals surface area (Å²) in [7, 11) is 1.70. The summed E-state index contributed by atoms with van der Waals surface area (Å²) in [4.78, 5) is 16.8. The second-order valence-corrected chi connectivity index (χ2v) is 5.92. The van der Waals surface area contributed by atoms with E-state index in [2.05, 4.69) is 20.7 Å². The van der Waals surface area contributed by atoms with Gasteiger partial charge in [0.05, 0.1) is 0 Å². The zero-order valence-corrected chi connectivity index (χ0v) is 17.6. The third kappa shape index (κ3) is 6.96. The molecule has 0 saturated heterocycles. The molecule has 25 heavy (non-hydrogen) atoms. The van der Waals surface area contributed by atoms with Crippen molar-refractivity contribution in [1.82, 2.24) is 25.0 Å². The van der Waals surface area contributed by atoms with Crippen LogP contribution in [0.3, 0.4) is 0 Å². The van der Waals surface area contributed by atoms with E-state index in [1.165, 1.54) is 0 Å². The molecule has 1 aliphatic heterocycles. The number of nitrogens with zero attached hydrogens (tertiary/aromatic N) is 4. The molecule has 0 aliphatic carbocycles. The fraction of sp³-hybridized carbons (Fsp3) is 0.812. The standard InChI is InChI=1S/C16H30N6O2.HI/c1-3-17-15(19-10-7-13-24-2)18-9-6-12-22-16(23)21-11-5-4-8-14(21)20-22;/h3-13H2,1-2H3,(H2,17,18,19);1H. The molecule has 1 aromatic heterocycles. The third-order valence-corrected chi connectivity index (χ3v) is 3.99. The van der Waals surface area contributed by atoms with Gasteiger partial charge in [0.25, 0.3) is 0 Å². The predicted molar refractivity (Wildman–Crippen MR) is 110 cm³/mol. The van der Waals surface area contributed by atoms with Gasteiger partial charge in [-0.2, -0.15) is 5.10 Å². The lowest BCUT2D eigenvalue weighted by Crippen LogP contribution is -2.38. The van der Waals surface area contributed by atoms with Crippen LogP contribution in [0.1, 0.15) is 38.4 Å². The zero-order chi connectivity index (χ0) is 17.2. The summed E-state index contributed by atoms with van der Waals surface area (Å²) in [5.41, 5.74) is 0.0262. The van der Waals surface area contributed by atoms with Crippen LogP contribution in [-0.4, -0.2) is 53.7 Å². The van der Waals surface area contributed by atoms with Gasteiger partial charge in [0.15, 0.2) is 5.96 Å². The first kappa shape index (κ1) is 21.9. The molecule has 8 nitrogen and oxygen atoms in total. The smallest absolute Gasteiger partial charge is 0.345 e. The van der Waals surface area contributed by atoms with Crippen molar-refractivity contribution >= 4 is 29.9 Å². The van der Waals surface area contributed by atoms with Crippen LogP contribution in [0.15, 0.2) is 9.79 Å². The molecule has 2 heterocycles. The number of fused-ring (bicyclic) bond motifs is 1. The average Bonchev–Trinajstić information content (AvgIpc) is 2.92. The molecule has 2 rings (SSSR count). The molecule has 0 bridgehead atoms. The molecule has 2 N–H and O–H groups in total. The van der Waals surface area contributed by atoms with Gasteiger partial charge in [-0.3, -0.25) is 9.56 Å². The molecule has 0 aromatic carbocycles. The number of ether oxygens (including phenoxy) is 1. The van der Waals surface area contributed by atoms with Crippen molar-refractivity contribution in [3.63, 3.8) is 0 Å². The molecule has 0 atom stereocenters. The highest BCUT2D eigenvalue weighted by atomic mass is 127. The maximum atomic E-state index is 12.2. The Hall–Kier alpha value is -1.10. The van der Waals surface area contributed by atoms with Crippen molar-refractivity contribution in [2.45, 2.75) is 52.1 Å². The van der Waals surface area contributed by atoms with Gasteiger partial charge in [0, 0.05) is 52.9 Å². The van der Waals surface area contributed by atoms with Gasteiger partial charge in [-0.1, -0.05) is 0 Å². The van der Waals surface area contributed by atoms with Gasteiger partial charge in [0.1, 0.15) is 5.82 Å². The highest BCUT2D eigenvalue weighted by Crippen LogP contribution is 2.09. The van der Waals surface area contributed by atoms with E-state index < -0.39 is 0 Å². The molecule has 0 saturated carbocycles. The van der Waals surface area contributed by atoms with E-state index in [4.69, 9.17) is 4.74 Å². The Balaban J connectivity index is 0.00000312. The molecule has 1 aromatic rings. The lowest BCUT2D eigenvalue weighted by Gasteiger charge is -2.10. The number of guanidine groups is 1. The molecule has 0 spiro atoms. The van der Waals surface area contributed by atoms with Crippen LogP contribution >= 0.6 is 24.0 Å². The average molecular weight is 466 g/mol. The van der Waals surface area contributed by atoms with E-state index in [-0.39, 0.29) is 29.7 Å². The topological polar surface area (TPSA) is 85.5 Å². The van der Waals surface area contributed by atoms with Gasteiger partial charge in [0.2, 0.25) is 0 Å². The van der Waals surface area contributed by atoms with Crippen molar-refractivity contribution in [3.05, 3.63) is 16.3 Å². The summed E-state index contributed by atoms with van der Waals surface area (Å²) in [6.45, 7) is 6.51. The Morgan fingerprint density at radius 3 is 2.88 bits per heavy atom. The summed E-state index contributed by atoms with van der Waals surface area (Å²) in [5, 5.41) is 10.9. The Morgan fingerprint density at radius 2 is 2.16 bits per heavy atom. The van der Waals surface area contributed by atoms with Gasteiger partial charge < -0.3 is 15.4 Å². The summed E-state index contributed by atoms with van der Waals surface area (Å²) >= 11 is 0. The molecule has 0 amide bonds. The normalized spacial score (nSPS) is 13.9. The van der Waals surface area contributed by atoms with Crippen molar-refractivity contribution < 1.29 is 4.74 Å². The Morgan fingerprint density at radius 1 is 1.32 bits per heavy atom. The number of aromatic nitrogens is 3. The molecule has 0 unspecified atom stereocenters. The SMILES string of the molecule is CCNC(=NCCCn1nc2n(c1=O)CCCC2)NCCCOC.I. The van der Waals surface area contributed by atoms with Crippen LogP contribution in [0.25, 0.3) is 0 Å². The largest absolute Gasteiger partial charge is 0.385 e. The lowest BCUT2D eigenvalue weighted by atomic mass is 10.2. The lowest BCUT2D eigenvalue weighted by molar-refractivity contribution is 0.195. The van der Waals surface area contributed by atoms with Crippen LogP contribution in [0, 0.1) is 0 Å². The van der Waals surface area contributed by atoms with E-state index in [1.54, 1.807) is 11.8 Å². The minimum atomic E-state index is 0. The van der Waals surface area contributed by atoms with Crippen LogP contribution in [0.2, 0.25) is 0 Å². The highest BCUT2D eigenvalue weighted by molar-refractivity contribution is 14.0. The molecular formula is C16H31IN6O2. The van der Waals surface area contributed by atoms with E-state index in [1.807, 2.05) is 11.5 Å². The van der Waals surface area contributed by atoms with Crippen LogP contribution in [0.4, 0.5) is 0 Å². The maximum absolute atomic E-state index is 12.2. The number of nitrogens with one attached hydrogen (secondary N) is 2. The highest BCUT2D eigenvalue weighted by Gasteiger charge is 2.15. The maximum Gasteiger partial charge on any atom is 0.345 e. The minimum Gasteiger partial charge on any atom is -0.385 e. The number of hydrogen-bond donors (Lipinski definition) is 2. The van der Waals surface area contributed by atoms with Crippen molar-refractivity contribution in [2.24, 2.45) is 4.99 Å². The van der Waals surface area contributed by atoms with E-state index in [0.29, 0.717) is 13.1 Å². The Labute approximate surface area is 166 Å². The van der Waals surface area contributed by atoms with Crippen molar-refractivity contribution in [3.8, 4) is 0 Å². The summed E-state index contributed by atoms with van der Waals surface area (Å²) in [5.74, 6) is 1.74. The Bertz CT molecular complexity index is 584. The zero-order valence-electron chi connectivity index (χ0n) is 15.3. The number of halogens is 1. The fourth-order valence-corrected chi connectivity index (χ4v) is 2.77. The summed E-state index contributed by atoms with van der Waals surface area (Å²) in [6, 6.07) is 0. The Kier molecular flexibility index (Phi) is 10.8. The first-order valence-electron chi connectivity index (χ1n) is 8.94. The minimum absolute atomic E-state index is 0. The molecule has 1 aliphatic rings. The van der Waals surface area contributed by atoms with Gasteiger partial charge in [-0.15, -0.1) is 24.0 Å². The second-order valence-electron chi connectivity index (χ2n) is 5.92. The van der Waals surface area contributed by atoms with Crippen LogP contribution in [0.5, 0.6) is 0 Å². The second kappa shape index (κ2) is 12.3. The summed E-state index contributed by atoms with van der Waals surface area (Å²) in [6.07, 6.45) is 4.85. The molecule has 0 radical (unpaired) electrons. The van der Waals surface area contributed by atoms with E-state index in [0.717, 1.165) is 70.1 Å². The quantitative estimate of drug-likeness (QED) is 0.245. The monoisotopic (exact) mass is 466 g/mol. The number of hydrogen-bond acceptors (Lipinski definition) is 4. The molecule has 144 valence electrons. The molecule has 9 heteroatoms. The first-order chi connectivity index (χ1) is 11.8. The number of methoxy groups -OCH3 is 1.